The predicted molar refractivity (Wildman–Crippen MR) is 75.6 cm³/mol. The summed E-state index contributed by atoms with van der Waals surface area (Å²) in [5.74, 6) is -1.69. The molecule has 0 amide bonds. The first kappa shape index (κ1) is 16.0. The van der Waals surface area contributed by atoms with Crippen molar-refractivity contribution >= 4 is 40.4 Å². The summed E-state index contributed by atoms with van der Waals surface area (Å²) in [7, 11) is 0. The Hall–Kier alpha value is -1.86. The van der Waals surface area contributed by atoms with E-state index >= 15 is 0 Å². The molecule has 23 heavy (non-hydrogen) atoms. The van der Waals surface area contributed by atoms with Crippen LogP contribution in [0.2, 0.25) is 0 Å². The van der Waals surface area contributed by atoms with Gasteiger partial charge >= 0.3 is 12.1 Å². The molecule has 2 aromatic heterocycles. The third-order valence-electron chi connectivity index (χ3n) is 2.54. The third-order valence-corrected chi connectivity index (χ3v) is 5.91. The van der Waals surface area contributed by atoms with E-state index in [0.29, 0.717) is 16.2 Å². The number of nitrogens with zero attached hydrogens (tertiary/aromatic N) is 5. The van der Waals surface area contributed by atoms with Crippen LogP contribution < -0.4 is 0 Å². The topological polar surface area (TPSA) is 99.6 Å². The lowest BCUT2D eigenvalue weighted by Gasteiger charge is -2.15. The summed E-state index contributed by atoms with van der Waals surface area (Å²) in [6, 6.07) is 3.40. The van der Waals surface area contributed by atoms with E-state index in [9.17, 15) is 18.0 Å². The van der Waals surface area contributed by atoms with Crippen LogP contribution in [0.5, 0.6) is 0 Å². The lowest BCUT2D eigenvalue weighted by molar-refractivity contribution is -0.141. The lowest BCUT2D eigenvalue weighted by Crippen LogP contribution is -2.12. The number of thioether (sulfide) groups is 1. The third kappa shape index (κ3) is 2.98. The number of carbonyl (C=O) groups is 1. The van der Waals surface area contributed by atoms with Crippen molar-refractivity contribution in [1.29, 1.82) is 0 Å². The Morgan fingerprint density at radius 3 is 2.48 bits per heavy atom. The number of aromatic carboxylic acids is 1. The van der Waals surface area contributed by atoms with Crippen LogP contribution in [-0.4, -0.2) is 16.1 Å². The molecule has 0 fully saturated rings. The molecule has 1 aliphatic heterocycles. The molecule has 0 spiro atoms. The number of carboxylic acids is 1. The van der Waals surface area contributed by atoms with E-state index in [0.717, 1.165) is 11.8 Å². The monoisotopic (exact) mass is 379 g/mol. The first-order valence-corrected chi connectivity index (χ1v) is 8.21. The maximum atomic E-state index is 12.9. The van der Waals surface area contributed by atoms with Crippen molar-refractivity contribution in [1.82, 2.24) is 4.98 Å². The standard InChI is InChI=1S/C10H4F3N5O2S3/c11-9(12,13)6-5(7(19)20)22-8(14-6)23-10(15-17-18-16-10)4-2-1-3-21-4/h1-3H,(H,19,20). The minimum Gasteiger partial charge on any atom is -0.477 e. The van der Waals surface area contributed by atoms with Crippen LogP contribution in [-0.2, 0) is 11.2 Å². The van der Waals surface area contributed by atoms with E-state index in [-0.39, 0.29) is 4.34 Å². The zero-order valence-corrected chi connectivity index (χ0v) is 13.1. The molecule has 13 heteroatoms. The van der Waals surface area contributed by atoms with E-state index in [1.807, 2.05) is 0 Å². The van der Waals surface area contributed by atoms with Crippen LogP contribution in [0, 0.1) is 0 Å². The molecule has 120 valence electrons. The molecule has 3 rings (SSSR count). The van der Waals surface area contributed by atoms with Gasteiger partial charge in [0.05, 0.1) is 4.88 Å². The fourth-order valence-electron chi connectivity index (χ4n) is 1.64. The van der Waals surface area contributed by atoms with Gasteiger partial charge in [-0.05, 0) is 33.7 Å². The molecule has 0 bridgehead atoms. The van der Waals surface area contributed by atoms with Crippen molar-refractivity contribution in [2.45, 2.75) is 15.5 Å². The van der Waals surface area contributed by atoms with Crippen LogP contribution in [0.15, 0.2) is 42.5 Å². The summed E-state index contributed by atoms with van der Waals surface area (Å²) >= 11 is 2.44. The molecule has 7 nitrogen and oxygen atoms in total. The highest BCUT2D eigenvalue weighted by Gasteiger charge is 2.43. The zero-order chi connectivity index (χ0) is 16.7. The van der Waals surface area contributed by atoms with Crippen molar-refractivity contribution in [2.75, 3.05) is 0 Å². The summed E-state index contributed by atoms with van der Waals surface area (Å²) in [4.78, 5) is 12.7. The molecule has 1 aliphatic rings. The number of thiophene rings is 1. The number of rotatable bonds is 4. The summed E-state index contributed by atoms with van der Waals surface area (Å²) < 4.78 is 38.5. The predicted octanol–water partition coefficient (Wildman–Crippen LogP) is 4.66. The zero-order valence-electron chi connectivity index (χ0n) is 10.7. The molecule has 1 N–H and O–H groups in total. The highest BCUT2D eigenvalue weighted by atomic mass is 32.2. The maximum Gasteiger partial charge on any atom is 0.435 e. The number of alkyl halides is 3. The van der Waals surface area contributed by atoms with Crippen molar-refractivity contribution in [2.24, 2.45) is 20.7 Å². The fourth-order valence-corrected chi connectivity index (χ4v) is 4.73. The Kier molecular flexibility index (Phi) is 3.93. The van der Waals surface area contributed by atoms with Gasteiger partial charge in [-0.15, -0.1) is 21.6 Å². The van der Waals surface area contributed by atoms with E-state index < -0.39 is 27.7 Å². The van der Waals surface area contributed by atoms with Crippen molar-refractivity contribution in [3.8, 4) is 0 Å². The van der Waals surface area contributed by atoms with Gasteiger partial charge in [-0.1, -0.05) is 17.4 Å². The average Bonchev–Trinajstić information content (AvgIpc) is 3.18. The Balaban J connectivity index is 2.01. The second-order valence-electron chi connectivity index (χ2n) is 4.03. The molecular formula is C10H4F3N5O2S3. The summed E-state index contributed by atoms with van der Waals surface area (Å²) in [5, 5.41) is 25.2. The van der Waals surface area contributed by atoms with Gasteiger partial charge in [0.2, 0.25) is 0 Å². The number of thiazole rings is 1. The minimum absolute atomic E-state index is 0.136. The lowest BCUT2D eigenvalue weighted by atomic mass is 10.3. The molecule has 0 saturated carbocycles. The van der Waals surface area contributed by atoms with Gasteiger partial charge in [0, 0.05) is 0 Å². The molecule has 3 heterocycles. The van der Waals surface area contributed by atoms with Crippen LogP contribution in [0.4, 0.5) is 13.2 Å². The Bertz CT molecular complexity index is 787. The molecule has 0 aliphatic carbocycles. The number of carboxylic acid groups (broad SMARTS) is 1. The van der Waals surface area contributed by atoms with E-state index in [4.69, 9.17) is 5.11 Å². The summed E-state index contributed by atoms with van der Waals surface area (Å²) in [5.41, 5.74) is -1.44. The Labute approximate surface area is 138 Å². The van der Waals surface area contributed by atoms with Gasteiger partial charge in [-0.25, -0.2) is 9.78 Å². The largest absolute Gasteiger partial charge is 0.477 e. The number of aromatic nitrogens is 1. The van der Waals surface area contributed by atoms with Crippen LogP contribution in [0.3, 0.4) is 0 Å². The summed E-state index contributed by atoms with van der Waals surface area (Å²) in [6.45, 7) is 0. The first-order chi connectivity index (χ1) is 10.8. The summed E-state index contributed by atoms with van der Waals surface area (Å²) in [6.07, 6.45) is -4.86. The number of hydrogen-bond acceptors (Lipinski definition) is 9. The minimum atomic E-state index is -4.86. The smallest absolute Gasteiger partial charge is 0.435 e. The molecule has 0 aromatic carbocycles. The van der Waals surface area contributed by atoms with E-state index in [1.165, 1.54) is 11.3 Å². The molecule has 0 saturated heterocycles. The molecule has 0 unspecified atom stereocenters. The highest BCUT2D eigenvalue weighted by Crippen LogP contribution is 2.50. The van der Waals surface area contributed by atoms with E-state index in [2.05, 4.69) is 25.7 Å². The quantitative estimate of drug-likeness (QED) is 0.835. The molecule has 0 radical (unpaired) electrons. The van der Waals surface area contributed by atoms with Crippen molar-refractivity contribution in [3.63, 3.8) is 0 Å². The molecular weight excluding hydrogens is 375 g/mol. The van der Waals surface area contributed by atoms with Gasteiger partial charge in [0.1, 0.15) is 4.88 Å². The SMILES string of the molecule is O=C(O)c1sc(SC2(c3cccs3)N=NN=N2)nc1C(F)(F)F. The van der Waals surface area contributed by atoms with Crippen LogP contribution in [0.1, 0.15) is 20.2 Å². The Morgan fingerprint density at radius 1 is 1.30 bits per heavy atom. The van der Waals surface area contributed by atoms with Gasteiger partial charge in [-0.3, -0.25) is 0 Å². The van der Waals surface area contributed by atoms with Crippen LogP contribution in [0.25, 0.3) is 0 Å². The van der Waals surface area contributed by atoms with Gasteiger partial charge < -0.3 is 5.11 Å². The number of hydrogen-bond donors (Lipinski definition) is 1. The van der Waals surface area contributed by atoms with Gasteiger partial charge in [0.15, 0.2) is 10.0 Å². The van der Waals surface area contributed by atoms with Crippen LogP contribution >= 0.6 is 34.4 Å². The Morgan fingerprint density at radius 2 is 2.00 bits per heavy atom. The van der Waals surface area contributed by atoms with Gasteiger partial charge in [-0.2, -0.15) is 13.2 Å². The molecule has 0 atom stereocenters. The normalized spacial score (nSPS) is 16.1. The highest BCUT2D eigenvalue weighted by molar-refractivity contribution is 8.02. The maximum absolute atomic E-state index is 12.9. The molecule has 2 aromatic rings. The van der Waals surface area contributed by atoms with E-state index in [1.54, 1.807) is 17.5 Å². The average molecular weight is 379 g/mol. The van der Waals surface area contributed by atoms with Crippen molar-refractivity contribution in [3.05, 3.63) is 33.0 Å². The second-order valence-corrected chi connectivity index (χ2v) is 7.39. The van der Waals surface area contributed by atoms with Gasteiger partial charge in [0.25, 0.3) is 4.99 Å². The first-order valence-electron chi connectivity index (χ1n) is 5.70. The van der Waals surface area contributed by atoms with Crippen molar-refractivity contribution < 1.29 is 23.1 Å². The second kappa shape index (κ2) is 5.65. The fraction of sp³-hybridized carbons (Fsp3) is 0.200. The number of halogens is 3.